The van der Waals surface area contributed by atoms with E-state index in [-0.39, 0.29) is 12.0 Å². The predicted molar refractivity (Wildman–Crippen MR) is 101 cm³/mol. The van der Waals surface area contributed by atoms with E-state index in [1.165, 1.54) is 0 Å². The number of methoxy groups -OCH3 is 1. The van der Waals surface area contributed by atoms with Crippen molar-refractivity contribution in [3.8, 4) is 11.4 Å². The molecule has 146 valence electrons. The maximum absolute atomic E-state index is 12.3. The van der Waals surface area contributed by atoms with Crippen LogP contribution in [0, 0.1) is 0 Å². The monoisotopic (exact) mass is 393 g/mol. The van der Waals surface area contributed by atoms with Gasteiger partial charge in [0, 0.05) is 50.4 Å². The summed E-state index contributed by atoms with van der Waals surface area (Å²) in [7, 11) is 1.57. The molecule has 2 N–H and O–H groups in total. The van der Waals surface area contributed by atoms with E-state index < -0.39 is 0 Å². The Kier molecular flexibility index (Phi) is 6.78. The Hall–Kier alpha value is -2.00. The molecule has 8 nitrogen and oxygen atoms in total. The second-order valence-electron chi connectivity index (χ2n) is 6.47. The molecule has 0 bridgehead atoms. The minimum atomic E-state index is -0.222. The minimum absolute atomic E-state index is 0.0785. The van der Waals surface area contributed by atoms with Crippen molar-refractivity contribution in [3.05, 3.63) is 35.2 Å². The first-order valence-electron chi connectivity index (χ1n) is 8.90. The zero-order valence-corrected chi connectivity index (χ0v) is 16.1. The molecule has 9 heteroatoms. The van der Waals surface area contributed by atoms with Crippen molar-refractivity contribution in [1.29, 1.82) is 0 Å². The van der Waals surface area contributed by atoms with Crippen LogP contribution in [0.3, 0.4) is 0 Å². The summed E-state index contributed by atoms with van der Waals surface area (Å²) in [6.07, 6.45) is 0.0985. The average Bonchev–Trinajstić information content (AvgIpc) is 3.15. The van der Waals surface area contributed by atoms with Crippen molar-refractivity contribution < 1.29 is 14.1 Å². The van der Waals surface area contributed by atoms with Gasteiger partial charge in [-0.15, -0.1) is 0 Å². The van der Waals surface area contributed by atoms with Crippen LogP contribution in [0.1, 0.15) is 12.3 Å². The number of nitrogens with two attached hydrogens (primary N) is 1. The smallest absolute Gasteiger partial charge is 0.241 e. The van der Waals surface area contributed by atoms with Crippen molar-refractivity contribution in [2.45, 2.75) is 19.1 Å². The van der Waals surface area contributed by atoms with Crippen LogP contribution in [-0.2, 0) is 16.1 Å². The van der Waals surface area contributed by atoms with Crippen molar-refractivity contribution in [1.82, 2.24) is 19.9 Å². The highest BCUT2D eigenvalue weighted by atomic mass is 35.5. The molecular weight excluding hydrogens is 370 g/mol. The predicted octanol–water partition coefficient (Wildman–Crippen LogP) is 1.40. The summed E-state index contributed by atoms with van der Waals surface area (Å²) in [5, 5.41) is 4.70. The number of ether oxygens (including phenoxy) is 1. The van der Waals surface area contributed by atoms with Crippen LogP contribution in [0.2, 0.25) is 5.02 Å². The molecule has 0 radical (unpaired) electrons. The van der Waals surface area contributed by atoms with E-state index in [9.17, 15) is 4.79 Å². The van der Waals surface area contributed by atoms with Gasteiger partial charge in [-0.3, -0.25) is 9.69 Å². The fourth-order valence-electron chi connectivity index (χ4n) is 2.97. The van der Waals surface area contributed by atoms with E-state index in [2.05, 4.69) is 15.0 Å². The van der Waals surface area contributed by atoms with Crippen molar-refractivity contribution in [3.63, 3.8) is 0 Å². The second kappa shape index (κ2) is 9.27. The summed E-state index contributed by atoms with van der Waals surface area (Å²) in [5.74, 6) is 1.18. The number of rotatable bonds is 7. The van der Waals surface area contributed by atoms with E-state index in [4.69, 9.17) is 26.6 Å². The Morgan fingerprint density at radius 2 is 2.00 bits per heavy atom. The lowest BCUT2D eigenvalue weighted by Crippen LogP contribution is -2.49. The lowest BCUT2D eigenvalue weighted by atomic mass is 10.2. The summed E-state index contributed by atoms with van der Waals surface area (Å²) >= 11 is 5.90. The van der Waals surface area contributed by atoms with E-state index in [1.807, 2.05) is 17.0 Å². The molecule has 1 aliphatic rings. The number of carbonyl (C=O) groups excluding carboxylic acids is 1. The van der Waals surface area contributed by atoms with Crippen LogP contribution in [0.5, 0.6) is 0 Å². The third-order valence-corrected chi connectivity index (χ3v) is 4.90. The highest BCUT2D eigenvalue weighted by molar-refractivity contribution is 6.30. The Balaban J connectivity index is 1.49. The highest BCUT2D eigenvalue weighted by Gasteiger charge is 2.24. The average molecular weight is 394 g/mol. The Morgan fingerprint density at radius 3 is 2.63 bits per heavy atom. The largest absolute Gasteiger partial charge is 0.380 e. The summed E-state index contributed by atoms with van der Waals surface area (Å²) < 4.78 is 10.5. The third-order valence-electron chi connectivity index (χ3n) is 4.65. The van der Waals surface area contributed by atoms with Crippen LogP contribution in [0.4, 0.5) is 0 Å². The normalized spacial score (nSPS) is 16.5. The lowest BCUT2D eigenvalue weighted by molar-refractivity contribution is -0.135. The highest BCUT2D eigenvalue weighted by Crippen LogP contribution is 2.19. The van der Waals surface area contributed by atoms with Gasteiger partial charge in [0.1, 0.15) is 0 Å². The van der Waals surface area contributed by atoms with Gasteiger partial charge in [-0.2, -0.15) is 4.98 Å². The van der Waals surface area contributed by atoms with E-state index in [0.717, 1.165) is 18.7 Å². The molecule has 1 aromatic carbocycles. The molecule has 1 aromatic heterocycles. The molecule has 1 aliphatic heterocycles. The van der Waals surface area contributed by atoms with Gasteiger partial charge in [0.2, 0.25) is 17.6 Å². The van der Waals surface area contributed by atoms with Crippen LogP contribution in [0.25, 0.3) is 11.4 Å². The zero-order chi connectivity index (χ0) is 19.2. The van der Waals surface area contributed by atoms with Gasteiger partial charge in [-0.1, -0.05) is 16.8 Å². The molecule has 2 heterocycles. The summed E-state index contributed by atoms with van der Waals surface area (Å²) in [5.41, 5.74) is 6.45. The number of aromatic nitrogens is 2. The topological polar surface area (TPSA) is 97.7 Å². The van der Waals surface area contributed by atoms with Crippen molar-refractivity contribution in [2.24, 2.45) is 5.73 Å². The van der Waals surface area contributed by atoms with Crippen LogP contribution in [-0.4, -0.2) is 71.8 Å². The number of benzene rings is 1. The third kappa shape index (κ3) is 5.26. The van der Waals surface area contributed by atoms with Crippen LogP contribution >= 0.6 is 11.6 Å². The lowest BCUT2D eigenvalue weighted by Gasteiger charge is -2.34. The fourth-order valence-corrected chi connectivity index (χ4v) is 3.09. The number of carbonyl (C=O) groups is 1. The molecule has 2 aromatic rings. The maximum Gasteiger partial charge on any atom is 0.241 e. The molecule has 27 heavy (non-hydrogen) atoms. The number of nitrogens with zero attached hydrogens (tertiary/aromatic N) is 4. The standard InChI is InChI=1S/C18H24ClN5O3/c1-26-15(11-20)10-17(25)24-8-6-23(7-9-24)12-16-21-18(22-27-16)13-2-4-14(19)5-3-13/h2-5,15H,6-12,20H2,1H3. The number of amides is 1. The number of piperazine rings is 1. The first-order valence-corrected chi connectivity index (χ1v) is 9.28. The fraction of sp³-hybridized carbons (Fsp3) is 0.500. The summed E-state index contributed by atoms with van der Waals surface area (Å²) in [4.78, 5) is 20.8. The van der Waals surface area contributed by atoms with Crippen LogP contribution < -0.4 is 5.73 Å². The molecule has 0 aliphatic carbocycles. The maximum atomic E-state index is 12.3. The molecule has 1 atom stereocenters. The second-order valence-corrected chi connectivity index (χ2v) is 6.91. The van der Waals surface area contributed by atoms with Gasteiger partial charge >= 0.3 is 0 Å². The van der Waals surface area contributed by atoms with Gasteiger partial charge in [0.15, 0.2) is 0 Å². The van der Waals surface area contributed by atoms with Gasteiger partial charge in [-0.25, -0.2) is 0 Å². The summed E-state index contributed by atoms with van der Waals surface area (Å²) in [6, 6.07) is 7.30. The van der Waals surface area contributed by atoms with Gasteiger partial charge in [0.25, 0.3) is 0 Å². The molecule has 1 saturated heterocycles. The molecular formula is C18H24ClN5O3. The number of hydrogen-bond donors (Lipinski definition) is 1. The minimum Gasteiger partial charge on any atom is -0.380 e. The van der Waals surface area contributed by atoms with Crippen molar-refractivity contribution in [2.75, 3.05) is 39.8 Å². The SMILES string of the molecule is COC(CN)CC(=O)N1CCN(Cc2nc(-c3ccc(Cl)cc3)no2)CC1. The van der Waals surface area contributed by atoms with E-state index in [1.54, 1.807) is 19.2 Å². The number of halogens is 1. The first-order chi connectivity index (χ1) is 13.1. The molecule has 3 rings (SSSR count). The van der Waals surface area contributed by atoms with Gasteiger partial charge in [0.05, 0.1) is 19.1 Å². The Labute approximate surface area is 163 Å². The molecule has 1 fully saturated rings. The quantitative estimate of drug-likeness (QED) is 0.759. The van der Waals surface area contributed by atoms with E-state index >= 15 is 0 Å². The number of hydrogen-bond acceptors (Lipinski definition) is 7. The van der Waals surface area contributed by atoms with Gasteiger partial charge < -0.3 is 19.9 Å². The van der Waals surface area contributed by atoms with E-state index in [0.29, 0.717) is 49.3 Å². The molecule has 0 saturated carbocycles. The summed E-state index contributed by atoms with van der Waals surface area (Å²) in [6.45, 7) is 3.74. The zero-order valence-electron chi connectivity index (χ0n) is 15.3. The first kappa shape index (κ1) is 19.8. The Bertz CT molecular complexity index is 740. The molecule has 1 amide bonds. The molecule has 0 spiro atoms. The van der Waals surface area contributed by atoms with Gasteiger partial charge in [-0.05, 0) is 24.3 Å². The van der Waals surface area contributed by atoms with Crippen molar-refractivity contribution >= 4 is 17.5 Å². The Morgan fingerprint density at radius 1 is 1.30 bits per heavy atom. The molecule has 1 unspecified atom stereocenters. The van der Waals surface area contributed by atoms with Crippen LogP contribution in [0.15, 0.2) is 28.8 Å².